The van der Waals surface area contributed by atoms with Crippen molar-refractivity contribution in [2.45, 2.75) is 45.2 Å². The van der Waals surface area contributed by atoms with Crippen LogP contribution in [-0.4, -0.2) is 28.4 Å². The maximum Gasteiger partial charge on any atom is 0.263 e. The third kappa shape index (κ3) is 4.32. The van der Waals surface area contributed by atoms with Crippen LogP contribution in [-0.2, 0) is 11.3 Å². The Morgan fingerprint density at radius 3 is 3.14 bits per heavy atom. The molecule has 0 aromatic carbocycles. The molecule has 0 radical (unpaired) electrons. The normalized spacial score (nSPS) is 18.6. The van der Waals surface area contributed by atoms with Gasteiger partial charge < -0.3 is 10.2 Å². The van der Waals surface area contributed by atoms with Crippen LogP contribution < -0.4 is 5.32 Å². The summed E-state index contributed by atoms with van der Waals surface area (Å²) in [5.41, 5.74) is 1.08. The fourth-order valence-corrected chi connectivity index (χ4v) is 2.72. The number of hydrogen-bond acceptors (Lipinski definition) is 4. The van der Waals surface area contributed by atoms with E-state index in [4.69, 9.17) is 0 Å². The molecule has 116 valence electrons. The molecule has 1 aromatic heterocycles. The summed E-state index contributed by atoms with van der Waals surface area (Å²) in [4.78, 5) is 18.3. The molecule has 1 unspecified atom stereocenters. The minimum Gasteiger partial charge on any atom is -0.373 e. The van der Waals surface area contributed by atoms with Gasteiger partial charge in [-0.3, -0.25) is 9.78 Å². The van der Waals surface area contributed by atoms with Crippen molar-refractivity contribution in [1.29, 1.82) is 5.26 Å². The fraction of sp³-hybridized carbons (Fsp3) is 0.471. The standard InChI is InChI=1S/C17H22N4O/c1-2-16-7-3-4-9-21(16)13-15(10-18)17(22)20-12-14-6-5-8-19-11-14/h5-6,8,11,13,16H,2-4,7,9,12H2,1H3,(H,20,22)/b15-13-. The second-order valence-corrected chi connectivity index (χ2v) is 5.49. The number of nitriles is 1. The number of carbonyl (C=O) groups is 1. The van der Waals surface area contributed by atoms with Gasteiger partial charge in [-0.2, -0.15) is 5.26 Å². The van der Waals surface area contributed by atoms with Gasteiger partial charge in [0.05, 0.1) is 0 Å². The lowest BCUT2D eigenvalue weighted by Crippen LogP contribution is -2.36. The maximum atomic E-state index is 12.2. The van der Waals surface area contributed by atoms with E-state index in [-0.39, 0.29) is 11.5 Å². The molecule has 1 atom stereocenters. The lowest BCUT2D eigenvalue weighted by Gasteiger charge is -2.34. The average Bonchev–Trinajstić information content (AvgIpc) is 2.58. The van der Waals surface area contributed by atoms with Crippen LogP contribution in [0.4, 0.5) is 0 Å². The number of likely N-dealkylation sites (tertiary alicyclic amines) is 1. The number of nitrogens with one attached hydrogen (secondary N) is 1. The van der Waals surface area contributed by atoms with Gasteiger partial charge in [0.25, 0.3) is 5.91 Å². The zero-order valence-corrected chi connectivity index (χ0v) is 13.0. The smallest absolute Gasteiger partial charge is 0.263 e. The minimum atomic E-state index is -0.327. The fourth-order valence-electron chi connectivity index (χ4n) is 2.72. The quantitative estimate of drug-likeness (QED) is 0.669. The van der Waals surface area contributed by atoms with Crippen LogP contribution in [0.2, 0.25) is 0 Å². The van der Waals surface area contributed by atoms with Gasteiger partial charge in [-0.25, -0.2) is 0 Å². The molecular weight excluding hydrogens is 276 g/mol. The highest BCUT2D eigenvalue weighted by Crippen LogP contribution is 2.20. The van der Waals surface area contributed by atoms with Crippen molar-refractivity contribution < 1.29 is 4.79 Å². The largest absolute Gasteiger partial charge is 0.373 e. The third-order valence-electron chi connectivity index (χ3n) is 3.98. The van der Waals surface area contributed by atoms with Crippen LogP contribution in [0.5, 0.6) is 0 Å². The van der Waals surface area contributed by atoms with Crippen LogP contribution in [0.3, 0.4) is 0 Å². The molecule has 1 amide bonds. The number of carbonyl (C=O) groups excluding carboxylic acids is 1. The summed E-state index contributed by atoms with van der Waals surface area (Å²) in [5.74, 6) is -0.327. The Morgan fingerprint density at radius 1 is 1.59 bits per heavy atom. The Morgan fingerprint density at radius 2 is 2.45 bits per heavy atom. The first-order valence-electron chi connectivity index (χ1n) is 7.79. The molecule has 0 aliphatic carbocycles. The monoisotopic (exact) mass is 298 g/mol. The molecule has 1 aliphatic heterocycles. The summed E-state index contributed by atoms with van der Waals surface area (Å²) in [7, 11) is 0. The first kappa shape index (κ1) is 16.0. The van der Waals surface area contributed by atoms with Gasteiger partial charge in [-0.05, 0) is 37.3 Å². The predicted molar refractivity (Wildman–Crippen MR) is 84.4 cm³/mol. The molecule has 1 aromatic rings. The van der Waals surface area contributed by atoms with Gasteiger partial charge in [-0.1, -0.05) is 13.0 Å². The molecule has 5 nitrogen and oxygen atoms in total. The molecule has 0 spiro atoms. The molecule has 1 aliphatic rings. The summed E-state index contributed by atoms with van der Waals surface area (Å²) < 4.78 is 0. The van der Waals surface area contributed by atoms with Gasteiger partial charge in [0.2, 0.25) is 0 Å². The van der Waals surface area contributed by atoms with Crippen molar-refractivity contribution in [1.82, 2.24) is 15.2 Å². The molecule has 1 saturated heterocycles. The number of aromatic nitrogens is 1. The summed E-state index contributed by atoms with van der Waals surface area (Å²) in [5, 5.41) is 12.0. The number of nitrogens with zero attached hydrogens (tertiary/aromatic N) is 3. The zero-order valence-electron chi connectivity index (χ0n) is 13.0. The number of rotatable bonds is 5. The minimum absolute atomic E-state index is 0.171. The number of amides is 1. The van der Waals surface area contributed by atoms with Crippen molar-refractivity contribution in [3.05, 3.63) is 41.9 Å². The topological polar surface area (TPSA) is 69.0 Å². The van der Waals surface area contributed by atoms with Crippen LogP contribution >= 0.6 is 0 Å². The van der Waals surface area contributed by atoms with Gasteiger partial charge in [-0.15, -0.1) is 0 Å². The van der Waals surface area contributed by atoms with Crippen molar-refractivity contribution in [2.24, 2.45) is 0 Å². The highest BCUT2D eigenvalue weighted by molar-refractivity contribution is 5.97. The van der Waals surface area contributed by atoms with Gasteiger partial charge >= 0.3 is 0 Å². The van der Waals surface area contributed by atoms with E-state index in [1.165, 1.54) is 6.42 Å². The predicted octanol–water partition coefficient (Wildman–Crippen LogP) is 2.37. The molecule has 22 heavy (non-hydrogen) atoms. The molecule has 1 fully saturated rings. The summed E-state index contributed by atoms with van der Waals surface area (Å²) in [6.45, 7) is 3.44. The first-order valence-corrected chi connectivity index (χ1v) is 7.79. The third-order valence-corrected chi connectivity index (χ3v) is 3.98. The van der Waals surface area contributed by atoms with Gasteiger partial charge in [0.1, 0.15) is 11.6 Å². The van der Waals surface area contributed by atoms with Gasteiger partial charge in [0, 0.05) is 37.7 Å². The number of hydrogen-bond donors (Lipinski definition) is 1. The van der Waals surface area contributed by atoms with E-state index >= 15 is 0 Å². The van der Waals surface area contributed by atoms with Crippen molar-refractivity contribution in [3.63, 3.8) is 0 Å². The number of pyridine rings is 1. The summed E-state index contributed by atoms with van der Waals surface area (Å²) >= 11 is 0. The Hall–Kier alpha value is -2.35. The SMILES string of the molecule is CCC1CCCCN1/C=C(/C#N)C(=O)NCc1cccnc1. The molecular formula is C17H22N4O. The maximum absolute atomic E-state index is 12.2. The van der Waals surface area contributed by atoms with Crippen molar-refractivity contribution in [3.8, 4) is 6.07 Å². The Bertz CT molecular complexity index is 562. The molecule has 1 N–H and O–H groups in total. The van der Waals surface area contributed by atoms with Crippen molar-refractivity contribution in [2.75, 3.05) is 6.54 Å². The Kier molecular flexibility index (Phi) is 5.96. The second kappa shape index (κ2) is 8.18. The average molecular weight is 298 g/mol. The summed E-state index contributed by atoms with van der Waals surface area (Å²) in [6, 6.07) is 6.17. The zero-order chi connectivity index (χ0) is 15.8. The van der Waals surface area contributed by atoms with Crippen LogP contribution in [0.25, 0.3) is 0 Å². The Balaban J connectivity index is 1.99. The molecule has 0 bridgehead atoms. The highest BCUT2D eigenvalue weighted by atomic mass is 16.1. The molecule has 5 heteroatoms. The van der Waals surface area contributed by atoms with Gasteiger partial charge in [0.15, 0.2) is 0 Å². The number of piperidine rings is 1. The highest BCUT2D eigenvalue weighted by Gasteiger charge is 2.20. The van der Waals surface area contributed by atoms with Crippen LogP contribution in [0, 0.1) is 11.3 Å². The summed E-state index contributed by atoms with van der Waals surface area (Å²) in [6.07, 6.45) is 9.61. The van der Waals surface area contributed by atoms with E-state index in [1.807, 2.05) is 18.2 Å². The van der Waals surface area contributed by atoms with E-state index in [2.05, 4.69) is 22.1 Å². The lowest BCUT2D eigenvalue weighted by molar-refractivity contribution is -0.117. The van der Waals surface area contributed by atoms with E-state index in [9.17, 15) is 10.1 Å². The lowest BCUT2D eigenvalue weighted by atomic mass is 10.0. The second-order valence-electron chi connectivity index (χ2n) is 5.49. The van der Waals surface area contributed by atoms with E-state index in [0.717, 1.165) is 31.4 Å². The molecule has 0 saturated carbocycles. The molecule has 2 rings (SSSR count). The first-order chi connectivity index (χ1) is 10.7. The van der Waals surface area contributed by atoms with E-state index in [1.54, 1.807) is 18.6 Å². The molecule has 2 heterocycles. The van der Waals surface area contributed by atoms with Crippen LogP contribution in [0.15, 0.2) is 36.3 Å². The van der Waals surface area contributed by atoms with Crippen molar-refractivity contribution >= 4 is 5.91 Å². The van der Waals surface area contributed by atoms with E-state index in [0.29, 0.717) is 12.6 Å². The Labute approximate surface area is 131 Å². The van der Waals surface area contributed by atoms with Crippen LogP contribution in [0.1, 0.15) is 38.2 Å². The van der Waals surface area contributed by atoms with E-state index < -0.39 is 0 Å².